The Hall–Kier alpha value is -3.65. The number of carbonyl (C=O) groups excluding carboxylic acids is 3. The predicted octanol–water partition coefficient (Wildman–Crippen LogP) is 4.26. The number of carbonyl (C=O) groups is 3. The highest BCUT2D eigenvalue weighted by Gasteiger charge is 2.54. The molecule has 162 valence electrons. The minimum Gasteiger partial charge on any atom is -0.455 e. The van der Waals surface area contributed by atoms with Gasteiger partial charge in [-0.15, -0.1) is 11.3 Å². The molecule has 32 heavy (non-hydrogen) atoms. The fourth-order valence-corrected chi connectivity index (χ4v) is 5.29. The molecule has 3 aromatic rings. The van der Waals surface area contributed by atoms with E-state index in [1.165, 1.54) is 0 Å². The molecule has 0 bridgehead atoms. The van der Waals surface area contributed by atoms with Crippen LogP contribution < -0.4 is 15.4 Å². The van der Waals surface area contributed by atoms with Crippen molar-refractivity contribution in [3.05, 3.63) is 76.5 Å². The second kappa shape index (κ2) is 8.12. The van der Waals surface area contributed by atoms with Gasteiger partial charge in [-0.25, -0.2) is 4.79 Å². The highest BCUT2D eigenvalue weighted by molar-refractivity contribution is 7.10. The topological polar surface area (TPSA) is 87.7 Å². The molecule has 5 rings (SSSR count). The van der Waals surface area contributed by atoms with Crippen LogP contribution >= 0.6 is 11.3 Å². The van der Waals surface area contributed by atoms with Gasteiger partial charge in [0.15, 0.2) is 5.75 Å². The lowest BCUT2D eigenvalue weighted by Gasteiger charge is -2.31. The Morgan fingerprint density at radius 2 is 1.88 bits per heavy atom. The number of fused-ring (bicyclic) bond motifs is 2. The van der Waals surface area contributed by atoms with Gasteiger partial charge in [0.25, 0.3) is 5.91 Å². The number of aryl methyl sites for hydroxylation is 1. The third-order valence-corrected chi connectivity index (χ3v) is 6.75. The van der Waals surface area contributed by atoms with E-state index in [0.29, 0.717) is 23.6 Å². The first-order valence-corrected chi connectivity index (χ1v) is 11.3. The Labute approximate surface area is 189 Å². The first-order valence-electron chi connectivity index (χ1n) is 10.4. The van der Waals surface area contributed by atoms with Gasteiger partial charge in [0.1, 0.15) is 17.8 Å². The monoisotopic (exact) mass is 447 g/mol. The van der Waals surface area contributed by atoms with Gasteiger partial charge in [-0.2, -0.15) is 0 Å². The lowest BCUT2D eigenvalue weighted by Crippen LogP contribution is -2.46. The van der Waals surface area contributed by atoms with E-state index < -0.39 is 17.5 Å². The molecule has 1 fully saturated rings. The number of ether oxygens (including phenoxy) is 1. The van der Waals surface area contributed by atoms with E-state index in [2.05, 4.69) is 10.6 Å². The van der Waals surface area contributed by atoms with Crippen molar-refractivity contribution in [1.29, 1.82) is 0 Å². The second-order valence-corrected chi connectivity index (χ2v) is 8.80. The van der Waals surface area contributed by atoms with Crippen molar-refractivity contribution in [2.24, 2.45) is 0 Å². The van der Waals surface area contributed by atoms with Gasteiger partial charge in [-0.3, -0.25) is 14.5 Å². The number of imide groups is 1. The molecule has 0 radical (unpaired) electrons. The van der Waals surface area contributed by atoms with Crippen molar-refractivity contribution >= 4 is 34.9 Å². The molecule has 1 spiro atoms. The standard InChI is InChI=1S/C24H21N3O4S/c28-21(25-18-9-4-5-10-19(18)31-16-7-2-1-3-8-16)15-27-22(29)24(26-23(27)30)13-6-11-20-17(24)12-14-32-20/h1-5,7-10,12,14H,6,11,13,15H2,(H,25,28)(H,26,30). The van der Waals surface area contributed by atoms with E-state index in [4.69, 9.17) is 4.74 Å². The van der Waals surface area contributed by atoms with E-state index in [-0.39, 0.29) is 12.5 Å². The predicted molar refractivity (Wildman–Crippen MR) is 121 cm³/mol. The number of anilines is 1. The lowest BCUT2D eigenvalue weighted by molar-refractivity contribution is -0.134. The number of urea groups is 1. The summed E-state index contributed by atoms with van der Waals surface area (Å²) in [5.74, 6) is 0.256. The molecule has 1 aliphatic carbocycles. The Kier molecular flexibility index (Phi) is 5.14. The average molecular weight is 448 g/mol. The number of amides is 4. The maximum Gasteiger partial charge on any atom is 0.325 e. The molecule has 8 heteroatoms. The van der Waals surface area contributed by atoms with Gasteiger partial charge in [0.05, 0.1) is 5.69 Å². The molecule has 2 heterocycles. The van der Waals surface area contributed by atoms with Crippen LogP contribution in [-0.2, 0) is 21.5 Å². The Morgan fingerprint density at radius 3 is 2.72 bits per heavy atom. The van der Waals surface area contributed by atoms with Crippen molar-refractivity contribution in [2.75, 3.05) is 11.9 Å². The molecule has 4 amide bonds. The van der Waals surface area contributed by atoms with Crippen LogP contribution in [-0.4, -0.2) is 29.3 Å². The quantitative estimate of drug-likeness (QED) is 0.572. The molecular weight excluding hydrogens is 426 g/mol. The summed E-state index contributed by atoms with van der Waals surface area (Å²) in [6, 6.07) is 17.6. The summed E-state index contributed by atoms with van der Waals surface area (Å²) >= 11 is 1.59. The number of thiophene rings is 1. The molecule has 7 nitrogen and oxygen atoms in total. The highest BCUT2D eigenvalue weighted by Crippen LogP contribution is 2.42. The number of benzene rings is 2. The van der Waals surface area contributed by atoms with Crippen molar-refractivity contribution in [1.82, 2.24) is 10.2 Å². The molecule has 0 saturated carbocycles. The summed E-state index contributed by atoms with van der Waals surface area (Å²) in [4.78, 5) is 40.9. The van der Waals surface area contributed by atoms with Crippen LogP contribution in [0.4, 0.5) is 10.5 Å². The number of rotatable bonds is 5. The van der Waals surface area contributed by atoms with Gasteiger partial charge >= 0.3 is 6.03 Å². The number of hydrogen-bond donors (Lipinski definition) is 2. The van der Waals surface area contributed by atoms with E-state index in [1.54, 1.807) is 35.6 Å². The van der Waals surface area contributed by atoms with Crippen molar-refractivity contribution in [2.45, 2.75) is 24.8 Å². The third kappa shape index (κ3) is 3.52. The van der Waals surface area contributed by atoms with Crippen LogP contribution in [0, 0.1) is 0 Å². The highest BCUT2D eigenvalue weighted by atomic mass is 32.1. The molecule has 1 aliphatic heterocycles. The summed E-state index contributed by atoms with van der Waals surface area (Å²) in [5.41, 5.74) is 0.261. The van der Waals surface area contributed by atoms with Crippen LogP contribution in [0.5, 0.6) is 11.5 Å². The summed E-state index contributed by atoms with van der Waals surface area (Å²) in [5, 5.41) is 7.57. The van der Waals surface area contributed by atoms with E-state index >= 15 is 0 Å². The zero-order valence-electron chi connectivity index (χ0n) is 17.2. The minimum atomic E-state index is -1.06. The molecule has 2 N–H and O–H groups in total. The SMILES string of the molecule is O=C(CN1C(=O)NC2(CCCc3sccc32)C1=O)Nc1ccccc1Oc1ccccc1. The fourth-order valence-electron chi connectivity index (χ4n) is 4.29. The summed E-state index contributed by atoms with van der Waals surface area (Å²) in [6.07, 6.45) is 2.24. The van der Waals surface area contributed by atoms with Gasteiger partial charge in [0, 0.05) is 10.4 Å². The third-order valence-electron chi connectivity index (χ3n) is 5.77. The molecule has 2 aliphatic rings. The second-order valence-electron chi connectivity index (χ2n) is 7.80. The molecule has 1 atom stereocenters. The molecule has 1 unspecified atom stereocenters. The first-order chi connectivity index (χ1) is 15.6. The zero-order chi connectivity index (χ0) is 22.1. The van der Waals surface area contributed by atoms with Crippen LogP contribution in [0.2, 0.25) is 0 Å². The zero-order valence-corrected chi connectivity index (χ0v) is 18.0. The summed E-state index contributed by atoms with van der Waals surface area (Å²) < 4.78 is 5.87. The molecular formula is C24H21N3O4S. The van der Waals surface area contributed by atoms with Crippen molar-refractivity contribution in [3.8, 4) is 11.5 Å². The normalized spacial score (nSPS) is 19.6. The molecule has 1 saturated heterocycles. The average Bonchev–Trinajstić information content (AvgIpc) is 3.37. The maximum atomic E-state index is 13.3. The van der Waals surface area contributed by atoms with Crippen LogP contribution in [0.1, 0.15) is 23.3 Å². The van der Waals surface area contributed by atoms with Crippen LogP contribution in [0.25, 0.3) is 0 Å². The summed E-state index contributed by atoms with van der Waals surface area (Å²) in [7, 11) is 0. The van der Waals surface area contributed by atoms with Crippen LogP contribution in [0.3, 0.4) is 0 Å². The molecule has 2 aromatic carbocycles. The van der Waals surface area contributed by atoms with E-state index in [9.17, 15) is 14.4 Å². The fraction of sp³-hybridized carbons (Fsp3) is 0.208. The first kappa shape index (κ1) is 20.3. The lowest BCUT2D eigenvalue weighted by atomic mass is 9.80. The van der Waals surface area contributed by atoms with Gasteiger partial charge in [-0.1, -0.05) is 30.3 Å². The van der Waals surface area contributed by atoms with E-state index in [1.807, 2.05) is 41.8 Å². The van der Waals surface area contributed by atoms with Gasteiger partial charge in [-0.05, 0) is 55.0 Å². The number of nitrogens with zero attached hydrogens (tertiary/aromatic N) is 1. The largest absolute Gasteiger partial charge is 0.455 e. The number of nitrogens with one attached hydrogen (secondary N) is 2. The van der Waals surface area contributed by atoms with Crippen molar-refractivity contribution < 1.29 is 19.1 Å². The minimum absolute atomic E-state index is 0.369. The Morgan fingerprint density at radius 1 is 1.09 bits per heavy atom. The summed E-state index contributed by atoms with van der Waals surface area (Å²) in [6.45, 7) is -0.369. The molecule has 1 aromatic heterocycles. The van der Waals surface area contributed by atoms with E-state index in [0.717, 1.165) is 28.2 Å². The maximum absolute atomic E-state index is 13.3. The Bertz CT molecular complexity index is 1190. The number of hydrogen-bond acceptors (Lipinski definition) is 5. The van der Waals surface area contributed by atoms with Crippen LogP contribution in [0.15, 0.2) is 66.0 Å². The van der Waals surface area contributed by atoms with Gasteiger partial charge < -0.3 is 15.4 Å². The smallest absolute Gasteiger partial charge is 0.325 e. The van der Waals surface area contributed by atoms with Gasteiger partial charge in [0.2, 0.25) is 5.91 Å². The van der Waals surface area contributed by atoms with Crippen molar-refractivity contribution in [3.63, 3.8) is 0 Å². The Balaban J connectivity index is 1.32. The number of para-hydroxylation sites is 3.